The zero-order valence-electron chi connectivity index (χ0n) is 16.3. The molecule has 0 saturated heterocycles. The van der Waals surface area contributed by atoms with Crippen LogP contribution in [0.15, 0.2) is 54.6 Å². The number of rotatable bonds is 6. The lowest BCUT2D eigenvalue weighted by Gasteiger charge is -2.11. The van der Waals surface area contributed by atoms with E-state index in [0.717, 1.165) is 43.4 Å². The normalized spacial score (nSPS) is 14.8. The molecule has 0 spiro atoms. The van der Waals surface area contributed by atoms with Gasteiger partial charge in [-0.3, -0.25) is 9.59 Å². The van der Waals surface area contributed by atoms with Crippen molar-refractivity contribution in [3.63, 3.8) is 0 Å². The molecular weight excluding hydrogens is 393 g/mol. The Labute approximate surface area is 173 Å². The van der Waals surface area contributed by atoms with Gasteiger partial charge in [-0.2, -0.15) is 13.2 Å². The van der Waals surface area contributed by atoms with Crippen molar-refractivity contribution in [3.05, 3.63) is 71.3 Å². The van der Waals surface area contributed by atoms with Gasteiger partial charge in [0.15, 0.2) is 0 Å². The largest absolute Gasteiger partial charge is 0.416 e. The quantitative estimate of drug-likeness (QED) is 0.639. The number of hydrogen-bond acceptors (Lipinski definition) is 2. The Morgan fingerprint density at radius 2 is 1.73 bits per heavy atom. The van der Waals surface area contributed by atoms with Gasteiger partial charge in [0.1, 0.15) is 0 Å². The van der Waals surface area contributed by atoms with E-state index in [2.05, 4.69) is 10.6 Å². The zero-order chi connectivity index (χ0) is 21.6. The molecule has 1 saturated carbocycles. The van der Waals surface area contributed by atoms with E-state index >= 15 is 0 Å². The van der Waals surface area contributed by atoms with Crippen LogP contribution < -0.4 is 10.6 Å². The molecule has 2 amide bonds. The smallest absolute Gasteiger partial charge is 0.348 e. The summed E-state index contributed by atoms with van der Waals surface area (Å²) >= 11 is 0. The SMILES string of the molecule is O=C(C=Cc1ccc(C(F)(F)F)cc1)NCc1cccc(NC(=O)C2CCCC2)c1. The van der Waals surface area contributed by atoms with Crippen LogP contribution in [-0.2, 0) is 22.3 Å². The summed E-state index contributed by atoms with van der Waals surface area (Å²) in [5.74, 6) is -0.257. The molecule has 3 rings (SSSR count). The van der Waals surface area contributed by atoms with Crippen molar-refractivity contribution < 1.29 is 22.8 Å². The van der Waals surface area contributed by atoms with Crippen LogP contribution >= 0.6 is 0 Å². The molecule has 1 aliphatic carbocycles. The van der Waals surface area contributed by atoms with Crippen LogP contribution in [0.3, 0.4) is 0 Å². The maximum Gasteiger partial charge on any atom is 0.416 e. The zero-order valence-corrected chi connectivity index (χ0v) is 16.3. The summed E-state index contributed by atoms with van der Waals surface area (Å²) in [6.07, 6.45) is 2.36. The van der Waals surface area contributed by atoms with Crippen LogP contribution in [0.2, 0.25) is 0 Å². The second-order valence-corrected chi connectivity index (χ2v) is 7.34. The van der Waals surface area contributed by atoms with Gasteiger partial charge in [0, 0.05) is 24.2 Å². The second-order valence-electron chi connectivity index (χ2n) is 7.34. The Balaban J connectivity index is 1.50. The summed E-state index contributed by atoms with van der Waals surface area (Å²) in [6, 6.07) is 11.8. The number of amides is 2. The van der Waals surface area contributed by atoms with Crippen molar-refractivity contribution in [2.24, 2.45) is 5.92 Å². The highest BCUT2D eigenvalue weighted by Crippen LogP contribution is 2.29. The van der Waals surface area contributed by atoms with Crippen LogP contribution in [-0.4, -0.2) is 11.8 Å². The Morgan fingerprint density at radius 3 is 2.40 bits per heavy atom. The van der Waals surface area contributed by atoms with Crippen molar-refractivity contribution in [1.82, 2.24) is 5.32 Å². The van der Waals surface area contributed by atoms with Gasteiger partial charge in [-0.15, -0.1) is 0 Å². The van der Waals surface area contributed by atoms with Gasteiger partial charge >= 0.3 is 6.18 Å². The van der Waals surface area contributed by atoms with Gasteiger partial charge in [0.2, 0.25) is 11.8 Å². The van der Waals surface area contributed by atoms with E-state index < -0.39 is 11.7 Å². The molecule has 7 heteroatoms. The third-order valence-corrected chi connectivity index (χ3v) is 5.05. The van der Waals surface area contributed by atoms with Crippen LogP contribution in [0, 0.1) is 5.92 Å². The molecule has 2 aromatic rings. The third-order valence-electron chi connectivity index (χ3n) is 5.05. The van der Waals surface area contributed by atoms with E-state index in [1.807, 2.05) is 24.3 Å². The van der Waals surface area contributed by atoms with Crippen LogP contribution in [0.1, 0.15) is 42.4 Å². The summed E-state index contributed by atoms with van der Waals surface area (Å²) in [5, 5.41) is 5.65. The van der Waals surface area contributed by atoms with E-state index in [9.17, 15) is 22.8 Å². The van der Waals surface area contributed by atoms with Gasteiger partial charge in [0.25, 0.3) is 0 Å². The number of halogens is 3. The molecule has 0 atom stereocenters. The average molecular weight is 416 g/mol. The number of benzene rings is 2. The molecule has 0 bridgehead atoms. The highest BCUT2D eigenvalue weighted by atomic mass is 19.4. The molecule has 0 unspecified atom stereocenters. The van der Waals surface area contributed by atoms with Crippen molar-refractivity contribution in [2.45, 2.75) is 38.4 Å². The number of nitrogens with one attached hydrogen (secondary N) is 2. The first-order valence-electron chi connectivity index (χ1n) is 9.84. The van der Waals surface area contributed by atoms with Crippen molar-refractivity contribution in [2.75, 3.05) is 5.32 Å². The van der Waals surface area contributed by atoms with Gasteiger partial charge in [-0.25, -0.2) is 0 Å². The topological polar surface area (TPSA) is 58.2 Å². The highest BCUT2D eigenvalue weighted by molar-refractivity contribution is 5.93. The van der Waals surface area contributed by atoms with E-state index in [0.29, 0.717) is 11.3 Å². The monoisotopic (exact) mass is 416 g/mol. The highest BCUT2D eigenvalue weighted by Gasteiger charge is 2.29. The van der Waals surface area contributed by atoms with E-state index in [-0.39, 0.29) is 24.3 Å². The minimum absolute atomic E-state index is 0.0353. The first-order chi connectivity index (χ1) is 14.3. The number of alkyl halides is 3. The third kappa shape index (κ3) is 6.20. The molecule has 1 fully saturated rings. The standard InChI is InChI=1S/C23H23F3N2O2/c24-23(25,26)19-11-8-16(9-12-19)10-13-21(29)27-15-17-4-3-7-20(14-17)28-22(30)18-5-1-2-6-18/h3-4,7-14,18H,1-2,5-6,15H2,(H,27,29)(H,28,30). The molecule has 0 radical (unpaired) electrons. The number of carbonyl (C=O) groups excluding carboxylic acids is 2. The molecule has 4 nitrogen and oxygen atoms in total. The van der Waals surface area contributed by atoms with Gasteiger partial charge in [-0.05, 0) is 54.3 Å². The van der Waals surface area contributed by atoms with Crippen LogP contribution in [0.25, 0.3) is 6.08 Å². The Hall–Kier alpha value is -3.09. The molecular formula is C23H23F3N2O2. The van der Waals surface area contributed by atoms with Gasteiger partial charge in [0.05, 0.1) is 5.56 Å². The first kappa shape index (κ1) is 21.6. The Morgan fingerprint density at radius 1 is 1.03 bits per heavy atom. The van der Waals surface area contributed by atoms with E-state index in [1.165, 1.54) is 24.3 Å². The molecule has 158 valence electrons. The van der Waals surface area contributed by atoms with Gasteiger partial charge < -0.3 is 10.6 Å². The number of hydrogen-bond donors (Lipinski definition) is 2. The summed E-state index contributed by atoms with van der Waals surface area (Å²) in [6.45, 7) is 0.267. The molecule has 0 aromatic heterocycles. The molecule has 0 heterocycles. The Kier molecular flexibility index (Phi) is 6.92. The maximum absolute atomic E-state index is 12.6. The predicted molar refractivity (Wildman–Crippen MR) is 109 cm³/mol. The summed E-state index contributed by atoms with van der Waals surface area (Å²) in [7, 11) is 0. The lowest BCUT2D eigenvalue weighted by molar-refractivity contribution is -0.137. The molecule has 2 N–H and O–H groups in total. The van der Waals surface area contributed by atoms with Gasteiger partial charge in [-0.1, -0.05) is 37.1 Å². The minimum atomic E-state index is -4.38. The van der Waals surface area contributed by atoms with Crippen LogP contribution in [0.4, 0.5) is 18.9 Å². The summed E-state index contributed by atoms with van der Waals surface area (Å²) in [5.41, 5.74) is 1.29. The van der Waals surface area contributed by atoms with E-state index in [4.69, 9.17) is 0 Å². The van der Waals surface area contributed by atoms with Crippen molar-refractivity contribution >= 4 is 23.6 Å². The second kappa shape index (κ2) is 9.61. The molecule has 30 heavy (non-hydrogen) atoms. The minimum Gasteiger partial charge on any atom is -0.348 e. The predicted octanol–water partition coefficient (Wildman–Crippen LogP) is 5.16. The summed E-state index contributed by atoms with van der Waals surface area (Å²) < 4.78 is 37.7. The van der Waals surface area contributed by atoms with Crippen molar-refractivity contribution in [3.8, 4) is 0 Å². The van der Waals surface area contributed by atoms with Crippen LogP contribution in [0.5, 0.6) is 0 Å². The number of carbonyl (C=O) groups is 2. The van der Waals surface area contributed by atoms with E-state index in [1.54, 1.807) is 0 Å². The lowest BCUT2D eigenvalue weighted by Crippen LogP contribution is -2.21. The average Bonchev–Trinajstić information content (AvgIpc) is 3.26. The Bertz CT molecular complexity index is 915. The maximum atomic E-state index is 12.6. The molecule has 0 aliphatic heterocycles. The fourth-order valence-electron chi connectivity index (χ4n) is 3.39. The summed E-state index contributed by atoms with van der Waals surface area (Å²) in [4.78, 5) is 24.2. The fourth-order valence-corrected chi connectivity index (χ4v) is 3.39. The first-order valence-corrected chi connectivity index (χ1v) is 9.84. The molecule has 2 aromatic carbocycles. The van der Waals surface area contributed by atoms with Crippen molar-refractivity contribution in [1.29, 1.82) is 0 Å². The fraction of sp³-hybridized carbons (Fsp3) is 0.304. The molecule has 1 aliphatic rings. The number of anilines is 1. The lowest BCUT2D eigenvalue weighted by atomic mass is 10.1.